The number of nitrogens with one attached hydrogen (secondary N) is 1. The van der Waals surface area contributed by atoms with E-state index in [1.807, 2.05) is 36.4 Å². The van der Waals surface area contributed by atoms with E-state index in [1.165, 1.54) is 4.90 Å². The Morgan fingerprint density at radius 1 is 1.16 bits per heavy atom. The summed E-state index contributed by atoms with van der Waals surface area (Å²) in [5, 5.41) is 4.67. The fourth-order valence-corrected chi connectivity index (χ4v) is 6.02. The quantitative estimate of drug-likeness (QED) is 0.219. The molecule has 0 aromatic heterocycles. The number of carbonyl (C=O) groups is 3. The Balaban J connectivity index is 1.49. The molecule has 0 bridgehead atoms. The molecule has 1 fully saturated rings. The Hall–Kier alpha value is -2.69. The van der Waals surface area contributed by atoms with Crippen molar-refractivity contribution in [3.63, 3.8) is 0 Å². The first-order chi connectivity index (χ1) is 18.2. The first-order valence-corrected chi connectivity index (χ1v) is 14.7. The summed E-state index contributed by atoms with van der Waals surface area (Å²) in [7, 11) is 1.63. The molecule has 1 aromatic carbocycles. The number of benzene rings is 1. The van der Waals surface area contributed by atoms with Gasteiger partial charge >= 0.3 is 6.03 Å². The van der Waals surface area contributed by atoms with Crippen LogP contribution in [0.15, 0.2) is 22.5 Å². The van der Waals surface area contributed by atoms with E-state index in [1.54, 1.807) is 12.5 Å². The second kappa shape index (κ2) is 13.9. The molecular formula is C28H41N5O4S. The van der Waals surface area contributed by atoms with Gasteiger partial charge in [0.05, 0.1) is 11.4 Å². The molecule has 2 aliphatic rings. The van der Waals surface area contributed by atoms with Crippen LogP contribution in [-0.2, 0) is 21.0 Å². The molecule has 208 valence electrons. The minimum absolute atomic E-state index is 0.0328. The highest BCUT2D eigenvalue weighted by atomic mass is 32.2. The van der Waals surface area contributed by atoms with Crippen molar-refractivity contribution in [1.82, 2.24) is 9.62 Å². The van der Waals surface area contributed by atoms with Crippen LogP contribution in [0.2, 0.25) is 0 Å². The predicted octanol–water partition coefficient (Wildman–Crippen LogP) is 4.14. The van der Waals surface area contributed by atoms with Crippen LogP contribution in [0.25, 0.3) is 6.08 Å². The molecule has 9 nitrogen and oxygen atoms in total. The van der Waals surface area contributed by atoms with Crippen LogP contribution in [0, 0.1) is 13.8 Å². The summed E-state index contributed by atoms with van der Waals surface area (Å²) in [6, 6.07) is 3.24. The van der Waals surface area contributed by atoms with E-state index in [0.717, 1.165) is 73.8 Å². The zero-order valence-corrected chi connectivity index (χ0v) is 23.6. The standard InChI is InChI=1S/C28H41N5O4S/c1-21-19-23(32(3)27(29)36)20-22(2)24(21)12-18-38(37)33-15-13-28(14-16-33)26(35)30-25(31-28)11-9-7-5-4-6-8-10-17-34/h12,17-20H,4-11,13-16H2,1-3H3,(H2,29,36)(H,30,31,35)/b18-12+. The Morgan fingerprint density at radius 3 is 2.37 bits per heavy atom. The lowest BCUT2D eigenvalue weighted by Crippen LogP contribution is -2.50. The summed E-state index contributed by atoms with van der Waals surface area (Å²) in [5.41, 5.74) is 8.24. The predicted molar refractivity (Wildman–Crippen MR) is 153 cm³/mol. The van der Waals surface area contributed by atoms with E-state index < -0.39 is 22.9 Å². The number of amidine groups is 1. The van der Waals surface area contributed by atoms with Gasteiger partial charge in [-0.3, -0.25) is 14.7 Å². The van der Waals surface area contributed by atoms with Crippen LogP contribution >= 0.6 is 0 Å². The van der Waals surface area contributed by atoms with Crippen LogP contribution in [0.3, 0.4) is 0 Å². The van der Waals surface area contributed by atoms with Gasteiger partial charge < -0.3 is 20.4 Å². The number of unbranched alkanes of at least 4 members (excludes halogenated alkanes) is 6. The number of carbonyl (C=O) groups excluding carboxylic acids is 3. The van der Waals surface area contributed by atoms with Crippen LogP contribution in [-0.4, -0.2) is 58.6 Å². The van der Waals surface area contributed by atoms with Gasteiger partial charge in [-0.05, 0) is 74.4 Å². The number of piperidine rings is 1. The first-order valence-electron chi connectivity index (χ1n) is 13.5. The number of aliphatic imine (C=N–C) groups is 1. The van der Waals surface area contributed by atoms with Crippen LogP contribution < -0.4 is 16.0 Å². The summed E-state index contributed by atoms with van der Waals surface area (Å²) in [6.45, 7) is 4.95. The summed E-state index contributed by atoms with van der Waals surface area (Å²) in [4.78, 5) is 40.8. The second-order valence-electron chi connectivity index (χ2n) is 10.3. The van der Waals surface area contributed by atoms with Crippen molar-refractivity contribution in [2.75, 3.05) is 25.0 Å². The average molecular weight is 544 g/mol. The van der Waals surface area contributed by atoms with Gasteiger partial charge in [0.1, 0.15) is 23.1 Å². The normalized spacial score (nSPS) is 18.0. The molecule has 38 heavy (non-hydrogen) atoms. The van der Waals surface area contributed by atoms with Gasteiger partial charge in [-0.2, -0.15) is 0 Å². The second-order valence-corrected chi connectivity index (χ2v) is 11.6. The fraction of sp³-hybridized carbons (Fsp3) is 0.571. The van der Waals surface area contributed by atoms with E-state index in [-0.39, 0.29) is 5.91 Å². The first kappa shape index (κ1) is 29.9. The monoisotopic (exact) mass is 543 g/mol. The van der Waals surface area contributed by atoms with E-state index in [9.17, 15) is 18.9 Å². The summed E-state index contributed by atoms with van der Waals surface area (Å²) >= 11 is -1.32. The molecule has 3 amide bonds. The van der Waals surface area contributed by atoms with Gasteiger partial charge in [0, 0.05) is 38.7 Å². The van der Waals surface area contributed by atoms with Gasteiger partial charge in [0.25, 0.3) is 5.91 Å². The number of nitrogens with two attached hydrogens (primary N) is 1. The largest absolute Gasteiger partial charge is 0.593 e. The third kappa shape index (κ3) is 7.68. The van der Waals surface area contributed by atoms with Gasteiger partial charge in [-0.15, -0.1) is 4.31 Å². The number of rotatable bonds is 13. The highest BCUT2D eigenvalue weighted by molar-refractivity contribution is 7.92. The molecule has 3 rings (SSSR count). The number of amides is 3. The topological polar surface area (TPSA) is 131 Å². The van der Waals surface area contributed by atoms with Crippen molar-refractivity contribution in [2.24, 2.45) is 10.7 Å². The fourth-order valence-electron chi connectivity index (χ4n) is 5.05. The highest BCUT2D eigenvalue weighted by Gasteiger charge is 2.47. The van der Waals surface area contributed by atoms with Gasteiger partial charge in [0.2, 0.25) is 0 Å². The molecule has 1 unspecified atom stereocenters. The Kier molecular flexibility index (Phi) is 10.9. The van der Waals surface area contributed by atoms with Crippen molar-refractivity contribution in [3.8, 4) is 0 Å². The maximum absolute atomic E-state index is 13.0. The number of primary amides is 1. The van der Waals surface area contributed by atoms with Crippen LogP contribution in [0.5, 0.6) is 0 Å². The number of hydrogen-bond donors (Lipinski definition) is 2. The molecule has 10 heteroatoms. The number of hydrogen-bond acceptors (Lipinski definition) is 6. The molecule has 0 aliphatic carbocycles. The molecule has 2 aliphatic heterocycles. The number of nitrogens with zero attached hydrogens (tertiary/aromatic N) is 3. The number of urea groups is 1. The van der Waals surface area contributed by atoms with Crippen LogP contribution in [0.1, 0.15) is 80.9 Å². The Bertz CT molecular complexity index is 1040. The Labute approximate surface area is 229 Å². The summed E-state index contributed by atoms with van der Waals surface area (Å²) < 4.78 is 14.9. The van der Waals surface area contributed by atoms with E-state index >= 15 is 0 Å². The summed E-state index contributed by atoms with van der Waals surface area (Å²) in [6.07, 6.45) is 11.8. The number of anilines is 1. The van der Waals surface area contributed by atoms with Crippen molar-refractivity contribution in [2.45, 2.75) is 83.6 Å². The smallest absolute Gasteiger partial charge is 0.318 e. The molecule has 1 saturated heterocycles. The molecule has 3 N–H and O–H groups in total. The maximum Gasteiger partial charge on any atom is 0.318 e. The lowest BCUT2D eigenvalue weighted by Gasteiger charge is -2.34. The zero-order valence-electron chi connectivity index (χ0n) is 22.8. The van der Waals surface area contributed by atoms with Crippen molar-refractivity contribution < 1.29 is 18.9 Å². The molecule has 0 radical (unpaired) electrons. The zero-order chi connectivity index (χ0) is 27.7. The third-order valence-electron chi connectivity index (χ3n) is 7.47. The van der Waals surface area contributed by atoms with Crippen molar-refractivity contribution in [1.29, 1.82) is 0 Å². The molecule has 2 heterocycles. The summed E-state index contributed by atoms with van der Waals surface area (Å²) in [5.74, 6) is 0.747. The minimum Gasteiger partial charge on any atom is -0.593 e. The van der Waals surface area contributed by atoms with E-state index in [2.05, 4.69) is 5.32 Å². The molecular weight excluding hydrogens is 502 g/mol. The van der Waals surface area contributed by atoms with E-state index in [0.29, 0.717) is 38.0 Å². The van der Waals surface area contributed by atoms with Crippen molar-refractivity contribution in [3.05, 3.63) is 34.2 Å². The van der Waals surface area contributed by atoms with E-state index in [4.69, 9.17) is 10.7 Å². The SMILES string of the molecule is Cc1cc(N(C)C(N)=O)cc(C)c1/C=C/[S+]([O-])N1CCC2(CC1)N=C(CCCCCCCCC=O)NC2=O. The van der Waals surface area contributed by atoms with Gasteiger partial charge in [0.15, 0.2) is 0 Å². The average Bonchev–Trinajstić information content (AvgIpc) is 3.18. The highest BCUT2D eigenvalue weighted by Crippen LogP contribution is 2.32. The van der Waals surface area contributed by atoms with Gasteiger partial charge in [-0.1, -0.05) is 25.7 Å². The third-order valence-corrected chi connectivity index (χ3v) is 8.71. The van der Waals surface area contributed by atoms with Gasteiger partial charge in [-0.25, -0.2) is 4.79 Å². The Morgan fingerprint density at radius 2 is 1.76 bits per heavy atom. The molecule has 0 saturated carbocycles. The lowest BCUT2D eigenvalue weighted by molar-refractivity contribution is -0.125. The number of aryl methyl sites for hydroxylation is 2. The maximum atomic E-state index is 13.0. The lowest BCUT2D eigenvalue weighted by atomic mass is 9.89. The molecule has 1 spiro atoms. The minimum atomic E-state index is -1.32. The van der Waals surface area contributed by atoms with Crippen LogP contribution in [0.4, 0.5) is 10.5 Å². The molecule has 1 aromatic rings. The number of aldehydes is 1. The van der Waals surface area contributed by atoms with Crippen molar-refractivity contribution >= 4 is 47.2 Å². The molecule has 1 atom stereocenters.